The molecule has 4 heteroatoms. The Kier molecular flexibility index (Phi) is 21.7. The van der Waals surface area contributed by atoms with Gasteiger partial charge < -0.3 is 9.47 Å². The van der Waals surface area contributed by atoms with Gasteiger partial charge in [0.2, 0.25) is 0 Å². The van der Waals surface area contributed by atoms with Crippen molar-refractivity contribution in [2.75, 3.05) is 13.2 Å². The van der Waals surface area contributed by atoms with Crippen LogP contribution in [0.15, 0.2) is 12.2 Å². The van der Waals surface area contributed by atoms with Crippen LogP contribution in [-0.2, 0) is 19.1 Å². The molecule has 1 aliphatic carbocycles. The quantitative estimate of drug-likeness (QED) is 0.0722. The molecule has 0 aromatic carbocycles. The molecule has 37 heavy (non-hydrogen) atoms. The molecular weight excluding hydrogens is 460 g/mol. The summed E-state index contributed by atoms with van der Waals surface area (Å²) in [6.45, 7) is 7.80. The minimum atomic E-state index is -0.0311. The van der Waals surface area contributed by atoms with Crippen molar-refractivity contribution in [2.24, 2.45) is 17.8 Å². The third-order valence-corrected chi connectivity index (χ3v) is 7.86. The fourth-order valence-electron chi connectivity index (χ4n) is 5.40. The van der Waals surface area contributed by atoms with E-state index in [-0.39, 0.29) is 17.9 Å². The van der Waals surface area contributed by atoms with Gasteiger partial charge in [-0.1, -0.05) is 123 Å². The maximum atomic E-state index is 13.0. The predicted octanol–water partition coefficient (Wildman–Crippen LogP) is 9.74. The first-order valence-electron chi connectivity index (χ1n) is 16.1. The number of ether oxygens (including phenoxy) is 2. The number of hydrogen-bond donors (Lipinski definition) is 0. The van der Waals surface area contributed by atoms with Crippen LogP contribution in [0.1, 0.15) is 156 Å². The highest BCUT2D eigenvalue weighted by atomic mass is 16.5. The van der Waals surface area contributed by atoms with E-state index >= 15 is 0 Å². The van der Waals surface area contributed by atoms with Crippen molar-refractivity contribution in [2.45, 2.75) is 156 Å². The maximum Gasteiger partial charge on any atom is 0.309 e. The zero-order valence-electron chi connectivity index (χ0n) is 24.8. The van der Waals surface area contributed by atoms with Crippen LogP contribution >= 0.6 is 0 Å². The van der Waals surface area contributed by atoms with Gasteiger partial charge in [0.25, 0.3) is 0 Å². The number of rotatable bonds is 24. The van der Waals surface area contributed by atoms with Gasteiger partial charge in [0.05, 0.1) is 19.1 Å². The third-order valence-electron chi connectivity index (χ3n) is 7.86. The molecule has 3 unspecified atom stereocenters. The molecule has 1 aliphatic rings. The standard InChI is InChI=1S/C33H60O4/c1-4-7-10-17-22-30-25-24-29(28-31(30)33(35)37-27-20-12-9-6-3)21-16-14-13-15-18-23-32(34)36-26-19-11-8-5-2/h24-25,29-31H,4-23,26-28H2,1-3H3. The van der Waals surface area contributed by atoms with E-state index in [1.807, 2.05) is 0 Å². The predicted molar refractivity (Wildman–Crippen MR) is 156 cm³/mol. The Morgan fingerprint density at radius 1 is 0.622 bits per heavy atom. The van der Waals surface area contributed by atoms with Crippen molar-refractivity contribution in [3.05, 3.63) is 12.2 Å². The van der Waals surface area contributed by atoms with Crippen LogP contribution in [-0.4, -0.2) is 25.2 Å². The van der Waals surface area contributed by atoms with Crippen molar-refractivity contribution in [1.82, 2.24) is 0 Å². The zero-order valence-corrected chi connectivity index (χ0v) is 24.8. The minimum Gasteiger partial charge on any atom is -0.466 e. The molecule has 216 valence electrons. The highest BCUT2D eigenvalue weighted by Crippen LogP contribution is 2.35. The Morgan fingerprint density at radius 3 is 1.84 bits per heavy atom. The second kappa shape index (κ2) is 23.8. The van der Waals surface area contributed by atoms with Gasteiger partial charge in [-0.25, -0.2) is 0 Å². The van der Waals surface area contributed by atoms with Gasteiger partial charge >= 0.3 is 11.9 Å². The Bertz CT molecular complexity index is 585. The molecule has 0 fully saturated rings. The second-order valence-electron chi connectivity index (χ2n) is 11.3. The number of esters is 2. The molecule has 0 aromatic heterocycles. The Morgan fingerprint density at radius 2 is 1.16 bits per heavy atom. The summed E-state index contributed by atoms with van der Waals surface area (Å²) in [5.74, 6) is 0.894. The van der Waals surface area contributed by atoms with Crippen LogP contribution in [0.5, 0.6) is 0 Å². The largest absolute Gasteiger partial charge is 0.466 e. The summed E-state index contributed by atoms with van der Waals surface area (Å²) in [7, 11) is 0. The zero-order chi connectivity index (χ0) is 27.0. The molecule has 4 nitrogen and oxygen atoms in total. The Labute approximate surface area is 229 Å². The molecule has 0 amide bonds. The molecule has 0 bridgehead atoms. The van der Waals surface area contributed by atoms with Crippen molar-refractivity contribution >= 4 is 11.9 Å². The SMILES string of the molecule is CCCCCCOC(=O)CCCCCCCC1C=CC(CCCCCC)C(C(=O)OCCCCCC)C1. The van der Waals surface area contributed by atoms with Crippen molar-refractivity contribution in [3.8, 4) is 0 Å². The summed E-state index contributed by atoms with van der Waals surface area (Å²) in [6.07, 6.45) is 28.2. The lowest BCUT2D eigenvalue weighted by Crippen LogP contribution is -2.30. The average molecular weight is 521 g/mol. The summed E-state index contributed by atoms with van der Waals surface area (Å²) < 4.78 is 11.1. The lowest BCUT2D eigenvalue weighted by molar-refractivity contribution is -0.151. The highest BCUT2D eigenvalue weighted by molar-refractivity contribution is 5.73. The number of carbonyl (C=O) groups excluding carboxylic acids is 2. The number of carbonyl (C=O) groups is 2. The normalized spacial score (nSPS) is 19.2. The number of allylic oxidation sites excluding steroid dienone is 2. The summed E-state index contributed by atoms with van der Waals surface area (Å²) in [6, 6.07) is 0. The lowest BCUT2D eigenvalue weighted by Gasteiger charge is -2.30. The van der Waals surface area contributed by atoms with Crippen LogP contribution < -0.4 is 0 Å². The second-order valence-corrected chi connectivity index (χ2v) is 11.3. The molecule has 0 aliphatic heterocycles. The fourth-order valence-corrected chi connectivity index (χ4v) is 5.40. The van der Waals surface area contributed by atoms with E-state index in [1.165, 1.54) is 70.6 Å². The minimum absolute atomic E-state index is 0.0311. The highest BCUT2D eigenvalue weighted by Gasteiger charge is 2.32. The molecule has 0 aromatic rings. The molecular formula is C33H60O4. The summed E-state index contributed by atoms with van der Waals surface area (Å²) in [5, 5.41) is 0. The van der Waals surface area contributed by atoms with E-state index in [1.54, 1.807) is 0 Å². The molecule has 0 N–H and O–H groups in total. The number of hydrogen-bond acceptors (Lipinski definition) is 4. The first-order valence-corrected chi connectivity index (χ1v) is 16.1. The summed E-state index contributed by atoms with van der Waals surface area (Å²) in [5.41, 5.74) is 0. The molecule has 0 saturated carbocycles. The Balaban J connectivity index is 2.28. The van der Waals surface area contributed by atoms with Gasteiger partial charge in [-0.05, 0) is 50.4 Å². The summed E-state index contributed by atoms with van der Waals surface area (Å²) >= 11 is 0. The van der Waals surface area contributed by atoms with E-state index in [0.29, 0.717) is 31.5 Å². The Hall–Kier alpha value is -1.32. The molecule has 0 spiro atoms. The van der Waals surface area contributed by atoms with Crippen LogP contribution in [0.2, 0.25) is 0 Å². The molecule has 0 radical (unpaired) electrons. The molecule has 0 heterocycles. The lowest BCUT2D eigenvalue weighted by atomic mass is 9.75. The molecule has 3 atom stereocenters. The van der Waals surface area contributed by atoms with Gasteiger partial charge in [-0.2, -0.15) is 0 Å². The van der Waals surface area contributed by atoms with E-state index in [9.17, 15) is 9.59 Å². The van der Waals surface area contributed by atoms with Crippen LogP contribution in [0.25, 0.3) is 0 Å². The van der Waals surface area contributed by atoms with E-state index < -0.39 is 0 Å². The van der Waals surface area contributed by atoms with Crippen LogP contribution in [0.4, 0.5) is 0 Å². The topological polar surface area (TPSA) is 52.6 Å². The first kappa shape index (κ1) is 33.7. The van der Waals surface area contributed by atoms with E-state index in [4.69, 9.17) is 9.47 Å². The third kappa shape index (κ3) is 17.7. The smallest absolute Gasteiger partial charge is 0.309 e. The van der Waals surface area contributed by atoms with Gasteiger partial charge in [-0.15, -0.1) is 0 Å². The van der Waals surface area contributed by atoms with Gasteiger partial charge in [0, 0.05) is 6.42 Å². The monoisotopic (exact) mass is 520 g/mol. The van der Waals surface area contributed by atoms with Crippen molar-refractivity contribution < 1.29 is 19.1 Å². The van der Waals surface area contributed by atoms with Crippen molar-refractivity contribution in [3.63, 3.8) is 0 Å². The number of unbranched alkanes of at least 4 members (excludes halogenated alkanes) is 13. The maximum absolute atomic E-state index is 13.0. The molecule has 1 rings (SSSR count). The van der Waals surface area contributed by atoms with Gasteiger partial charge in [0.1, 0.15) is 0 Å². The van der Waals surface area contributed by atoms with E-state index in [0.717, 1.165) is 57.8 Å². The van der Waals surface area contributed by atoms with Crippen LogP contribution in [0, 0.1) is 17.8 Å². The first-order chi connectivity index (χ1) is 18.1. The molecule has 0 saturated heterocycles. The van der Waals surface area contributed by atoms with Crippen LogP contribution in [0.3, 0.4) is 0 Å². The summed E-state index contributed by atoms with van der Waals surface area (Å²) in [4.78, 5) is 24.8. The van der Waals surface area contributed by atoms with E-state index in [2.05, 4.69) is 32.9 Å². The van der Waals surface area contributed by atoms with Gasteiger partial charge in [-0.3, -0.25) is 9.59 Å². The fraction of sp³-hybridized carbons (Fsp3) is 0.879. The average Bonchev–Trinajstić information content (AvgIpc) is 2.90. The van der Waals surface area contributed by atoms with Gasteiger partial charge in [0.15, 0.2) is 0 Å². The van der Waals surface area contributed by atoms with Crippen molar-refractivity contribution in [1.29, 1.82) is 0 Å².